The van der Waals surface area contributed by atoms with Crippen molar-refractivity contribution in [3.8, 4) is 0 Å². The van der Waals surface area contributed by atoms with Crippen LogP contribution in [-0.2, 0) is 19.4 Å². The molecule has 1 saturated carbocycles. The highest BCUT2D eigenvalue weighted by Gasteiger charge is 2.24. The fourth-order valence-electron chi connectivity index (χ4n) is 2.95. The largest absolute Gasteiger partial charge is 0.452 e. The third-order valence-corrected chi connectivity index (χ3v) is 5.45. The van der Waals surface area contributed by atoms with Gasteiger partial charge in [0.05, 0.1) is 10.5 Å². The zero-order valence-electron chi connectivity index (χ0n) is 13.9. The maximum absolute atomic E-state index is 12.1. The molecular weight excluding hydrogens is 330 g/mol. The number of carbonyl (C=O) groups is 2. The van der Waals surface area contributed by atoms with Crippen LogP contribution < -0.4 is 5.32 Å². The van der Waals surface area contributed by atoms with Gasteiger partial charge in [0.25, 0.3) is 5.91 Å². The monoisotopic (exact) mass is 353 g/mol. The van der Waals surface area contributed by atoms with Crippen LogP contribution in [0.3, 0.4) is 0 Å². The molecule has 0 heterocycles. The summed E-state index contributed by atoms with van der Waals surface area (Å²) in [6, 6.07) is 5.91. The van der Waals surface area contributed by atoms with Crippen LogP contribution in [0.4, 0.5) is 0 Å². The molecule has 1 aromatic carbocycles. The van der Waals surface area contributed by atoms with Gasteiger partial charge < -0.3 is 10.1 Å². The SMILES string of the molecule is C[C@@H]1CCCC[C@@H]1NC(=O)COC(=O)c1ccccc1S(C)(=O)=O. The van der Waals surface area contributed by atoms with E-state index in [0.717, 1.165) is 25.5 Å². The van der Waals surface area contributed by atoms with E-state index in [1.165, 1.54) is 24.6 Å². The second-order valence-corrected chi connectivity index (χ2v) is 8.26. The normalized spacial score (nSPS) is 21.1. The number of ether oxygens (including phenoxy) is 1. The van der Waals surface area contributed by atoms with Crippen molar-refractivity contribution >= 4 is 21.7 Å². The number of sulfone groups is 1. The molecule has 7 heteroatoms. The van der Waals surface area contributed by atoms with Crippen LogP contribution in [0.1, 0.15) is 43.0 Å². The molecule has 6 nitrogen and oxygen atoms in total. The number of carbonyl (C=O) groups excluding carboxylic acids is 2. The van der Waals surface area contributed by atoms with Gasteiger partial charge in [-0.05, 0) is 30.9 Å². The maximum atomic E-state index is 12.1. The van der Waals surface area contributed by atoms with Gasteiger partial charge in [-0.25, -0.2) is 13.2 Å². The summed E-state index contributed by atoms with van der Waals surface area (Å²) in [4.78, 5) is 24.0. The van der Waals surface area contributed by atoms with Gasteiger partial charge in [-0.1, -0.05) is 31.9 Å². The minimum absolute atomic E-state index is 0.0566. The molecule has 0 unspecified atom stereocenters. The first-order valence-corrected chi connectivity index (χ1v) is 9.93. The first-order chi connectivity index (χ1) is 11.3. The van der Waals surface area contributed by atoms with Crippen molar-refractivity contribution in [3.63, 3.8) is 0 Å². The Morgan fingerprint density at radius 3 is 2.54 bits per heavy atom. The van der Waals surface area contributed by atoms with Gasteiger partial charge in [-0.2, -0.15) is 0 Å². The lowest BCUT2D eigenvalue weighted by Crippen LogP contribution is -2.42. The number of esters is 1. The fourth-order valence-corrected chi connectivity index (χ4v) is 3.82. The standard InChI is InChI=1S/C17H23NO5S/c1-12-7-3-5-9-14(12)18-16(19)11-23-17(20)13-8-4-6-10-15(13)24(2,21)22/h4,6,8,10,12,14H,3,5,7,9,11H2,1-2H3,(H,18,19)/t12-,14+/m1/s1. The Morgan fingerprint density at radius 1 is 1.21 bits per heavy atom. The molecule has 24 heavy (non-hydrogen) atoms. The molecular formula is C17H23NO5S. The molecule has 1 amide bonds. The minimum atomic E-state index is -3.55. The van der Waals surface area contributed by atoms with Gasteiger partial charge in [-0.15, -0.1) is 0 Å². The Hall–Kier alpha value is -1.89. The lowest BCUT2D eigenvalue weighted by atomic mass is 9.86. The highest BCUT2D eigenvalue weighted by atomic mass is 32.2. The number of nitrogens with one attached hydrogen (secondary N) is 1. The quantitative estimate of drug-likeness (QED) is 0.817. The zero-order valence-corrected chi connectivity index (χ0v) is 14.8. The van der Waals surface area contributed by atoms with E-state index in [0.29, 0.717) is 5.92 Å². The van der Waals surface area contributed by atoms with Crippen molar-refractivity contribution in [3.05, 3.63) is 29.8 Å². The van der Waals surface area contributed by atoms with E-state index in [2.05, 4.69) is 12.2 Å². The summed E-state index contributed by atoms with van der Waals surface area (Å²) < 4.78 is 28.4. The van der Waals surface area contributed by atoms with Gasteiger partial charge in [-0.3, -0.25) is 4.79 Å². The van der Waals surface area contributed by atoms with Crippen LogP contribution in [0.25, 0.3) is 0 Å². The van der Waals surface area contributed by atoms with E-state index in [1.54, 1.807) is 6.07 Å². The Kier molecular flexibility index (Phi) is 5.99. The van der Waals surface area contributed by atoms with Gasteiger partial charge in [0.1, 0.15) is 0 Å². The molecule has 1 aromatic rings. The predicted molar refractivity (Wildman–Crippen MR) is 89.4 cm³/mol. The third-order valence-electron chi connectivity index (χ3n) is 4.30. The summed E-state index contributed by atoms with van der Waals surface area (Å²) in [5.74, 6) is -0.772. The van der Waals surface area contributed by atoms with Gasteiger partial charge in [0.15, 0.2) is 16.4 Å². The van der Waals surface area contributed by atoms with E-state index >= 15 is 0 Å². The molecule has 1 N–H and O–H groups in total. The van der Waals surface area contributed by atoms with Crippen molar-refractivity contribution in [2.45, 2.75) is 43.5 Å². The lowest BCUT2D eigenvalue weighted by molar-refractivity contribution is -0.125. The van der Waals surface area contributed by atoms with E-state index in [9.17, 15) is 18.0 Å². The number of benzene rings is 1. The zero-order chi connectivity index (χ0) is 17.7. The summed E-state index contributed by atoms with van der Waals surface area (Å²) in [5.41, 5.74) is -0.0566. The second-order valence-electron chi connectivity index (χ2n) is 6.28. The van der Waals surface area contributed by atoms with Crippen molar-refractivity contribution in [2.75, 3.05) is 12.9 Å². The Labute approximate surface area is 142 Å². The van der Waals surface area contributed by atoms with E-state index in [1.807, 2.05) is 0 Å². The molecule has 0 aliphatic heterocycles. The molecule has 1 aliphatic carbocycles. The molecule has 0 bridgehead atoms. The van der Waals surface area contributed by atoms with Crippen molar-refractivity contribution in [1.82, 2.24) is 5.32 Å². The van der Waals surface area contributed by atoms with Gasteiger partial charge in [0, 0.05) is 12.3 Å². The summed E-state index contributed by atoms with van der Waals surface area (Å²) in [6.07, 6.45) is 5.28. The van der Waals surface area contributed by atoms with Crippen LogP contribution in [0, 0.1) is 5.92 Å². The third kappa shape index (κ3) is 4.80. The van der Waals surface area contributed by atoms with Crippen LogP contribution >= 0.6 is 0 Å². The fraction of sp³-hybridized carbons (Fsp3) is 0.529. The van der Waals surface area contributed by atoms with Crippen molar-refractivity contribution < 1.29 is 22.7 Å². The van der Waals surface area contributed by atoms with Crippen LogP contribution in [-0.4, -0.2) is 39.2 Å². The van der Waals surface area contributed by atoms with Crippen molar-refractivity contribution in [1.29, 1.82) is 0 Å². The molecule has 0 saturated heterocycles. The van der Waals surface area contributed by atoms with E-state index in [4.69, 9.17) is 4.74 Å². The van der Waals surface area contributed by atoms with E-state index < -0.39 is 22.4 Å². The van der Waals surface area contributed by atoms with Crippen LogP contribution in [0.5, 0.6) is 0 Å². The maximum Gasteiger partial charge on any atom is 0.339 e. The molecule has 0 radical (unpaired) electrons. The number of rotatable bonds is 5. The second kappa shape index (κ2) is 7.79. The Balaban J connectivity index is 1.95. The molecule has 132 valence electrons. The molecule has 1 fully saturated rings. The molecule has 0 spiro atoms. The summed E-state index contributed by atoms with van der Waals surface area (Å²) in [6.45, 7) is 1.68. The highest BCUT2D eigenvalue weighted by Crippen LogP contribution is 2.23. The average Bonchev–Trinajstić information content (AvgIpc) is 2.54. The first-order valence-electron chi connectivity index (χ1n) is 8.04. The number of hydrogen-bond acceptors (Lipinski definition) is 5. The highest BCUT2D eigenvalue weighted by molar-refractivity contribution is 7.90. The first kappa shape index (κ1) is 18.4. The predicted octanol–water partition coefficient (Wildman–Crippen LogP) is 1.94. The molecule has 2 rings (SSSR count). The summed E-state index contributed by atoms with van der Waals surface area (Å²) in [5, 5.41) is 2.89. The molecule has 0 aromatic heterocycles. The van der Waals surface area contributed by atoms with Crippen molar-refractivity contribution in [2.24, 2.45) is 5.92 Å². The lowest BCUT2D eigenvalue weighted by Gasteiger charge is -2.29. The average molecular weight is 353 g/mol. The van der Waals surface area contributed by atoms with E-state index in [-0.39, 0.29) is 22.4 Å². The number of amides is 1. The summed E-state index contributed by atoms with van der Waals surface area (Å²) >= 11 is 0. The Morgan fingerprint density at radius 2 is 1.88 bits per heavy atom. The van der Waals surface area contributed by atoms with Crippen LogP contribution in [0.2, 0.25) is 0 Å². The minimum Gasteiger partial charge on any atom is -0.452 e. The van der Waals surface area contributed by atoms with Gasteiger partial charge in [0.2, 0.25) is 0 Å². The molecule has 1 aliphatic rings. The molecule has 2 atom stereocenters. The summed E-state index contributed by atoms with van der Waals surface area (Å²) in [7, 11) is -3.55. The number of hydrogen-bond donors (Lipinski definition) is 1. The van der Waals surface area contributed by atoms with Crippen LogP contribution in [0.15, 0.2) is 29.2 Å². The smallest absolute Gasteiger partial charge is 0.339 e. The Bertz CT molecular complexity index is 713. The van der Waals surface area contributed by atoms with Gasteiger partial charge >= 0.3 is 5.97 Å². The topological polar surface area (TPSA) is 89.5 Å².